The van der Waals surface area contributed by atoms with Crippen molar-refractivity contribution in [2.75, 3.05) is 6.61 Å². The zero-order valence-corrected chi connectivity index (χ0v) is 14.0. The third-order valence-electron chi connectivity index (χ3n) is 4.30. The van der Waals surface area contributed by atoms with E-state index in [9.17, 15) is 0 Å². The van der Waals surface area contributed by atoms with E-state index in [-0.39, 0.29) is 6.29 Å². The molecule has 0 spiro atoms. The Balaban J connectivity index is 1.59. The molecule has 0 amide bonds. The highest BCUT2D eigenvalue weighted by atomic mass is 16.7. The van der Waals surface area contributed by atoms with Crippen LogP contribution in [0.4, 0.5) is 0 Å². The van der Waals surface area contributed by atoms with Crippen molar-refractivity contribution >= 4 is 0 Å². The maximum atomic E-state index is 5.91. The molecule has 0 aliphatic heterocycles. The van der Waals surface area contributed by atoms with E-state index in [2.05, 4.69) is 42.5 Å². The minimum absolute atomic E-state index is 0.0661. The number of hydrogen-bond donors (Lipinski definition) is 0. The summed E-state index contributed by atoms with van der Waals surface area (Å²) in [6.45, 7) is 4.73. The minimum atomic E-state index is -0.0661. The molecule has 3 atom stereocenters. The zero-order valence-electron chi connectivity index (χ0n) is 14.0. The lowest BCUT2D eigenvalue weighted by atomic mass is 10.1. The third kappa shape index (κ3) is 6.33. The van der Waals surface area contributed by atoms with Crippen molar-refractivity contribution in [2.24, 2.45) is 5.92 Å². The van der Waals surface area contributed by atoms with Crippen molar-refractivity contribution in [3.63, 3.8) is 0 Å². The van der Waals surface area contributed by atoms with Crippen LogP contribution < -0.4 is 0 Å². The van der Waals surface area contributed by atoms with Crippen LogP contribution >= 0.6 is 0 Å². The lowest BCUT2D eigenvalue weighted by Crippen LogP contribution is -2.20. The number of aryl methyl sites for hydroxylation is 1. The highest BCUT2D eigenvalue weighted by Crippen LogP contribution is 2.29. The van der Waals surface area contributed by atoms with E-state index in [1.165, 1.54) is 31.2 Å². The van der Waals surface area contributed by atoms with Gasteiger partial charge in [-0.15, -0.1) is 0 Å². The molecule has 0 bridgehead atoms. The maximum Gasteiger partial charge on any atom is 0.155 e. The van der Waals surface area contributed by atoms with E-state index in [1.807, 2.05) is 13.8 Å². The molecule has 1 aromatic carbocycles. The Morgan fingerprint density at radius 2 is 2.05 bits per heavy atom. The predicted molar refractivity (Wildman–Crippen MR) is 91.8 cm³/mol. The molecule has 1 aliphatic rings. The van der Waals surface area contributed by atoms with Gasteiger partial charge >= 0.3 is 0 Å². The molecule has 0 heterocycles. The van der Waals surface area contributed by atoms with Crippen LogP contribution in [0.5, 0.6) is 0 Å². The molecular weight excluding hydrogens is 272 g/mol. The summed E-state index contributed by atoms with van der Waals surface area (Å²) in [4.78, 5) is 0. The highest BCUT2D eigenvalue weighted by molar-refractivity contribution is 5.14. The summed E-state index contributed by atoms with van der Waals surface area (Å²) in [5, 5.41) is 0. The summed E-state index contributed by atoms with van der Waals surface area (Å²) < 4.78 is 11.4. The standard InChI is InChI=1S/C20H30O2/c1-3-21-17(2)22-20-15-14-19(16-20)13-9-5-8-12-18-10-6-4-7-11-18/h4,6-7,9-11,13,17,19-20H,3,5,8,12,14-16H2,1-2H3/b13-9+/t17?,19?,20-/m0/s1. The van der Waals surface area contributed by atoms with Gasteiger partial charge in [-0.3, -0.25) is 0 Å². The van der Waals surface area contributed by atoms with Gasteiger partial charge in [-0.05, 0) is 63.9 Å². The van der Waals surface area contributed by atoms with Crippen molar-refractivity contribution in [1.29, 1.82) is 0 Å². The molecule has 2 rings (SSSR count). The molecule has 1 aliphatic carbocycles. The van der Waals surface area contributed by atoms with Crippen LogP contribution in [0.2, 0.25) is 0 Å². The van der Waals surface area contributed by atoms with E-state index in [4.69, 9.17) is 9.47 Å². The molecule has 0 radical (unpaired) electrons. The minimum Gasteiger partial charge on any atom is -0.353 e. The first-order valence-corrected chi connectivity index (χ1v) is 8.75. The van der Waals surface area contributed by atoms with Gasteiger partial charge in [-0.2, -0.15) is 0 Å². The largest absolute Gasteiger partial charge is 0.353 e. The van der Waals surface area contributed by atoms with Gasteiger partial charge in [0.25, 0.3) is 0 Å². The molecule has 1 aromatic rings. The fourth-order valence-electron chi connectivity index (χ4n) is 3.17. The molecule has 2 heteroatoms. The van der Waals surface area contributed by atoms with Crippen LogP contribution in [0.15, 0.2) is 42.5 Å². The molecule has 0 aromatic heterocycles. The van der Waals surface area contributed by atoms with Crippen LogP contribution in [-0.4, -0.2) is 19.0 Å². The molecule has 2 nitrogen and oxygen atoms in total. The monoisotopic (exact) mass is 302 g/mol. The Bertz CT molecular complexity index is 427. The van der Waals surface area contributed by atoms with Crippen molar-refractivity contribution in [3.8, 4) is 0 Å². The number of allylic oxidation sites excluding steroid dienone is 2. The molecular formula is C20H30O2. The first-order valence-electron chi connectivity index (χ1n) is 8.75. The third-order valence-corrected chi connectivity index (χ3v) is 4.30. The maximum absolute atomic E-state index is 5.91. The van der Waals surface area contributed by atoms with Gasteiger partial charge in [-0.1, -0.05) is 42.5 Å². The SMILES string of the molecule is CCOC(C)O[C@H]1CCC(/C=C/CCCc2ccccc2)C1. The molecule has 0 N–H and O–H groups in total. The second kappa shape index (κ2) is 9.81. The average Bonchev–Trinajstić information content (AvgIpc) is 2.95. The lowest BCUT2D eigenvalue weighted by molar-refractivity contribution is -0.155. The zero-order chi connectivity index (χ0) is 15.6. The average molecular weight is 302 g/mol. The van der Waals surface area contributed by atoms with Crippen molar-refractivity contribution in [2.45, 2.75) is 64.8 Å². The number of ether oxygens (including phenoxy) is 2. The van der Waals surface area contributed by atoms with E-state index in [0.717, 1.165) is 19.4 Å². The quantitative estimate of drug-likeness (QED) is 0.357. The van der Waals surface area contributed by atoms with E-state index in [1.54, 1.807) is 0 Å². The van der Waals surface area contributed by atoms with Gasteiger partial charge in [0.1, 0.15) is 0 Å². The second-order valence-electron chi connectivity index (χ2n) is 6.16. The van der Waals surface area contributed by atoms with Crippen molar-refractivity contribution in [1.82, 2.24) is 0 Å². The Hall–Kier alpha value is -1.12. The summed E-state index contributed by atoms with van der Waals surface area (Å²) in [7, 11) is 0. The molecule has 1 saturated carbocycles. The van der Waals surface area contributed by atoms with Crippen LogP contribution in [0, 0.1) is 5.92 Å². The Morgan fingerprint density at radius 1 is 1.23 bits per heavy atom. The van der Waals surface area contributed by atoms with Crippen molar-refractivity contribution < 1.29 is 9.47 Å². The van der Waals surface area contributed by atoms with Crippen LogP contribution in [0.3, 0.4) is 0 Å². The summed E-state index contributed by atoms with van der Waals surface area (Å²) in [5.74, 6) is 0.690. The first kappa shape index (κ1) is 17.2. The van der Waals surface area contributed by atoms with Crippen LogP contribution in [0.1, 0.15) is 51.5 Å². The molecule has 1 fully saturated rings. The van der Waals surface area contributed by atoms with Crippen LogP contribution in [-0.2, 0) is 15.9 Å². The van der Waals surface area contributed by atoms with E-state index >= 15 is 0 Å². The van der Waals surface area contributed by atoms with Gasteiger partial charge in [-0.25, -0.2) is 0 Å². The number of rotatable bonds is 9. The Morgan fingerprint density at radius 3 is 2.82 bits per heavy atom. The van der Waals surface area contributed by atoms with Gasteiger partial charge in [0.2, 0.25) is 0 Å². The normalized spacial score (nSPS) is 23.2. The van der Waals surface area contributed by atoms with Gasteiger partial charge < -0.3 is 9.47 Å². The lowest BCUT2D eigenvalue weighted by Gasteiger charge is -2.18. The van der Waals surface area contributed by atoms with Gasteiger partial charge in [0.15, 0.2) is 6.29 Å². The number of hydrogen-bond acceptors (Lipinski definition) is 2. The molecule has 22 heavy (non-hydrogen) atoms. The fourth-order valence-corrected chi connectivity index (χ4v) is 3.17. The fraction of sp³-hybridized carbons (Fsp3) is 0.600. The molecule has 2 unspecified atom stereocenters. The first-order chi connectivity index (χ1) is 10.8. The Labute approximate surface area is 135 Å². The summed E-state index contributed by atoms with van der Waals surface area (Å²) in [6, 6.07) is 10.7. The summed E-state index contributed by atoms with van der Waals surface area (Å²) in [5.41, 5.74) is 1.44. The smallest absolute Gasteiger partial charge is 0.155 e. The van der Waals surface area contributed by atoms with E-state index in [0.29, 0.717) is 12.0 Å². The summed E-state index contributed by atoms with van der Waals surface area (Å²) >= 11 is 0. The topological polar surface area (TPSA) is 18.5 Å². The predicted octanol–water partition coefficient (Wildman–Crippen LogP) is 5.13. The van der Waals surface area contributed by atoms with Gasteiger partial charge in [0.05, 0.1) is 6.10 Å². The number of benzene rings is 1. The van der Waals surface area contributed by atoms with Gasteiger partial charge in [0, 0.05) is 6.61 Å². The highest BCUT2D eigenvalue weighted by Gasteiger charge is 2.24. The summed E-state index contributed by atoms with van der Waals surface area (Å²) in [6.07, 6.45) is 12.2. The molecule has 0 saturated heterocycles. The van der Waals surface area contributed by atoms with E-state index < -0.39 is 0 Å². The second-order valence-corrected chi connectivity index (χ2v) is 6.16. The molecule has 122 valence electrons. The number of unbranched alkanes of at least 4 members (excludes halogenated alkanes) is 1. The Kier molecular flexibility index (Phi) is 7.68. The van der Waals surface area contributed by atoms with Crippen LogP contribution in [0.25, 0.3) is 0 Å². The van der Waals surface area contributed by atoms with Crippen molar-refractivity contribution in [3.05, 3.63) is 48.0 Å².